The van der Waals surface area contributed by atoms with Crippen molar-refractivity contribution < 1.29 is 9.53 Å². The molecule has 3 nitrogen and oxygen atoms in total. The predicted molar refractivity (Wildman–Crippen MR) is 111 cm³/mol. The van der Waals surface area contributed by atoms with Gasteiger partial charge >= 0.3 is 6.09 Å². The number of amides is 1. The molecule has 0 bridgehead atoms. The second-order valence-electron chi connectivity index (χ2n) is 8.43. The zero-order valence-corrected chi connectivity index (χ0v) is 16.7. The first-order valence-corrected chi connectivity index (χ1v) is 9.26. The number of hydrogen-bond acceptors (Lipinski definition) is 2. The summed E-state index contributed by atoms with van der Waals surface area (Å²) in [6.07, 6.45) is 3.88. The van der Waals surface area contributed by atoms with Gasteiger partial charge in [0.25, 0.3) is 0 Å². The minimum absolute atomic E-state index is 0.200. The fourth-order valence-electron chi connectivity index (χ4n) is 3.15. The molecule has 27 heavy (non-hydrogen) atoms. The van der Waals surface area contributed by atoms with Crippen LogP contribution >= 0.6 is 0 Å². The van der Waals surface area contributed by atoms with Gasteiger partial charge < -0.3 is 4.74 Å². The normalized spacial score (nSPS) is 16.4. The first-order chi connectivity index (χ1) is 12.7. The highest BCUT2D eigenvalue weighted by atomic mass is 16.6. The van der Waals surface area contributed by atoms with Gasteiger partial charge in [-0.25, -0.2) is 9.69 Å². The molecule has 1 aliphatic heterocycles. The first-order valence-electron chi connectivity index (χ1n) is 9.26. The number of nitrogens with zero attached hydrogens (tertiary/aromatic N) is 1. The lowest BCUT2D eigenvalue weighted by atomic mass is 9.85. The van der Waals surface area contributed by atoms with Gasteiger partial charge in [-0.05, 0) is 44.1 Å². The monoisotopic (exact) mass is 361 g/mol. The van der Waals surface area contributed by atoms with E-state index in [1.54, 1.807) is 4.90 Å². The number of hydrogen-bond donors (Lipinski definition) is 0. The van der Waals surface area contributed by atoms with Crippen LogP contribution in [0.5, 0.6) is 0 Å². The third-order valence-electron chi connectivity index (χ3n) is 4.21. The maximum atomic E-state index is 13.2. The Morgan fingerprint density at radius 2 is 1.22 bits per heavy atom. The molecule has 3 rings (SSSR count). The molecule has 0 spiro atoms. The van der Waals surface area contributed by atoms with Gasteiger partial charge in [-0.15, -0.1) is 0 Å². The maximum Gasteiger partial charge on any atom is 0.419 e. The zero-order chi connectivity index (χ0) is 19.7. The van der Waals surface area contributed by atoms with Gasteiger partial charge in [0, 0.05) is 5.41 Å². The highest BCUT2D eigenvalue weighted by Crippen LogP contribution is 2.41. The number of ether oxygens (including phenoxy) is 1. The summed E-state index contributed by atoms with van der Waals surface area (Å²) < 4.78 is 5.75. The van der Waals surface area contributed by atoms with Gasteiger partial charge in [0.2, 0.25) is 0 Å². The summed E-state index contributed by atoms with van der Waals surface area (Å²) in [4.78, 5) is 14.9. The summed E-state index contributed by atoms with van der Waals surface area (Å²) in [5.74, 6) is 0. The minimum atomic E-state index is -0.576. The lowest BCUT2D eigenvalue weighted by molar-refractivity contribution is 0.0423. The molecule has 1 heterocycles. The number of carbonyl (C=O) groups is 1. The summed E-state index contributed by atoms with van der Waals surface area (Å²) in [5, 5.41) is 0. The quantitative estimate of drug-likeness (QED) is 0.624. The van der Waals surface area contributed by atoms with Crippen molar-refractivity contribution in [3.8, 4) is 0 Å². The third-order valence-corrected chi connectivity index (χ3v) is 4.21. The van der Waals surface area contributed by atoms with Crippen LogP contribution < -0.4 is 0 Å². The van der Waals surface area contributed by atoms with Crippen molar-refractivity contribution in [1.82, 2.24) is 4.90 Å². The van der Waals surface area contributed by atoms with Gasteiger partial charge in [0.15, 0.2) is 0 Å². The number of rotatable bonds is 2. The Bertz CT molecular complexity index is 812. The van der Waals surface area contributed by atoms with Gasteiger partial charge in [-0.3, -0.25) is 0 Å². The predicted octanol–water partition coefficient (Wildman–Crippen LogP) is 6.35. The van der Waals surface area contributed by atoms with Crippen LogP contribution in [0.3, 0.4) is 0 Å². The lowest BCUT2D eigenvalue weighted by Crippen LogP contribution is -2.37. The van der Waals surface area contributed by atoms with E-state index in [4.69, 9.17) is 4.74 Å². The lowest BCUT2D eigenvalue weighted by Gasteiger charge is -2.37. The van der Waals surface area contributed by atoms with Gasteiger partial charge in [0.1, 0.15) is 5.60 Å². The van der Waals surface area contributed by atoms with Crippen LogP contribution in [0.2, 0.25) is 0 Å². The van der Waals surface area contributed by atoms with E-state index >= 15 is 0 Å². The van der Waals surface area contributed by atoms with E-state index in [0.29, 0.717) is 0 Å². The standard InChI is InChI=1S/C24H27NO2/c1-23(2,3)27-22(26)25-20(18-12-8-6-9-13-18)16-24(4,5)17-21(25)19-14-10-7-11-15-19/h6-17H,1-5H3. The highest BCUT2D eigenvalue weighted by molar-refractivity contribution is 5.95. The largest absolute Gasteiger partial charge is 0.443 e. The van der Waals surface area contributed by atoms with Crippen LogP contribution in [-0.2, 0) is 4.74 Å². The number of carbonyl (C=O) groups excluding carboxylic acids is 1. The Morgan fingerprint density at radius 3 is 1.59 bits per heavy atom. The fourth-order valence-corrected chi connectivity index (χ4v) is 3.15. The SMILES string of the molecule is CC1(C)C=C(c2ccccc2)N(C(=O)OC(C)(C)C)C(c2ccccc2)=C1. The molecule has 0 saturated carbocycles. The molecule has 1 amide bonds. The molecule has 0 radical (unpaired) electrons. The molecule has 0 aliphatic carbocycles. The Kier molecular flexibility index (Phi) is 4.97. The van der Waals surface area contributed by atoms with Crippen molar-refractivity contribution in [3.63, 3.8) is 0 Å². The molecule has 140 valence electrons. The van der Waals surface area contributed by atoms with Crippen molar-refractivity contribution in [2.75, 3.05) is 0 Å². The Morgan fingerprint density at radius 1 is 0.815 bits per heavy atom. The summed E-state index contributed by atoms with van der Waals surface area (Å²) in [5.41, 5.74) is 2.88. The summed E-state index contributed by atoms with van der Waals surface area (Å²) >= 11 is 0. The van der Waals surface area contributed by atoms with Gasteiger partial charge in [0.05, 0.1) is 11.4 Å². The molecule has 3 heteroatoms. The molecule has 0 N–H and O–H groups in total. The van der Waals surface area contributed by atoms with E-state index in [-0.39, 0.29) is 11.5 Å². The molecule has 0 atom stereocenters. The molecule has 1 aliphatic rings. The Balaban J connectivity index is 2.16. The smallest absolute Gasteiger partial charge is 0.419 e. The fraction of sp³-hybridized carbons (Fsp3) is 0.292. The average molecular weight is 361 g/mol. The molecule has 2 aromatic rings. The molecule has 0 saturated heterocycles. The van der Waals surface area contributed by atoms with Crippen molar-refractivity contribution in [2.45, 2.75) is 40.2 Å². The van der Waals surface area contributed by atoms with E-state index < -0.39 is 5.60 Å². The van der Waals surface area contributed by atoms with Crippen molar-refractivity contribution in [2.24, 2.45) is 5.41 Å². The van der Waals surface area contributed by atoms with Crippen LogP contribution in [0.4, 0.5) is 4.79 Å². The van der Waals surface area contributed by atoms with Crippen molar-refractivity contribution in [1.29, 1.82) is 0 Å². The summed E-state index contributed by atoms with van der Waals surface area (Å²) in [6.45, 7) is 9.94. The maximum absolute atomic E-state index is 13.2. The van der Waals surface area contributed by atoms with E-state index in [0.717, 1.165) is 22.5 Å². The number of benzene rings is 2. The van der Waals surface area contributed by atoms with Crippen molar-refractivity contribution in [3.05, 3.63) is 83.9 Å². The van der Waals surface area contributed by atoms with Crippen LogP contribution in [-0.4, -0.2) is 16.6 Å². The van der Waals surface area contributed by atoms with Gasteiger partial charge in [-0.1, -0.05) is 74.5 Å². The second kappa shape index (κ2) is 7.07. The van der Waals surface area contributed by atoms with Crippen LogP contribution in [0.1, 0.15) is 45.7 Å². The molecule has 0 aromatic heterocycles. The number of allylic oxidation sites excluding steroid dienone is 2. The van der Waals surface area contributed by atoms with Crippen molar-refractivity contribution >= 4 is 17.5 Å². The molecule has 2 aromatic carbocycles. The van der Waals surface area contributed by atoms with Gasteiger partial charge in [-0.2, -0.15) is 0 Å². The second-order valence-corrected chi connectivity index (χ2v) is 8.43. The van der Waals surface area contributed by atoms with E-state index in [1.807, 2.05) is 81.4 Å². The first kappa shape index (κ1) is 19.0. The molecular formula is C24H27NO2. The zero-order valence-electron chi connectivity index (χ0n) is 16.7. The molecule has 0 fully saturated rings. The van der Waals surface area contributed by atoms with E-state index in [9.17, 15) is 4.79 Å². The Labute approximate surface area is 162 Å². The average Bonchev–Trinajstić information content (AvgIpc) is 2.60. The highest BCUT2D eigenvalue weighted by Gasteiger charge is 2.34. The van der Waals surface area contributed by atoms with Crippen LogP contribution in [0.15, 0.2) is 72.8 Å². The summed E-state index contributed by atoms with van der Waals surface area (Å²) in [6, 6.07) is 20.0. The van der Waals surface area contributed by atoms with Crippen LogP contribution in [0.25, 0.3) is 11.4 Å². The third kappa shape index (κ3) is 4.48. The van der Waals surface area contributed by atoms with E-state index in [1.165, 1.54) is 0 Å². The van der Waals surface area contributed by atoms with E-state index in [2.05, 4.69) is 26.0 Å². The summed E-state index contributed by atoms with van der Waals surface area (Å²) in [7, 11) is 0. The Hall–Kier alpha value is -2.81. The van der Waals surface area contributed by atoms with Crippen LogP contribution in [0, 0.1) is 5.41 Å². The minimum Gasteiger partial charge on any atom is -0.443 e. The topological polar surface area (TPSA) is 29.5 Å². The molecular weight excluding hydrogens is 334 g/mol. The molecule has 0 unspecified atom stereocenters.